The third-order valence-corrected chi connectivity index (χ3v) is 5.95. The van der Waals surface area contributed by atoms with Crippen LogP contribution in [-0.4, -0.2) is 26.4 Å². The Kier molecular flexibility index (Phi) is 6.20. The molecule has 2 aromatic heterocycles. The van der Waals surface area contributed by atoms with Gasteiger partial charge in [0.2, 0.25) is 5.91 Å². The number of hydrogen-bond acceptors (Lipinski definition) is 5. The van der Waals surface area contributed by atoms with Gasteiger partial charge in [0.25, 0.3) is 0 Å². The van der Waals surface area contributed by atoms with Crippen molar-refractivity contribution in [1.82, 2.24) is 14.8 Å². The lowest BCUT2D eigenvalue weighted by molar-refractivity contribution is -0.113. The van der Waals surface area contributed by atoms with Crippen molar-refractivity contribution in [1.29, 1.82) is 0 Å². The van der Waals surface area contributed by atoms with E-state index in [2.05, 4.69) is 15.5 Å². The zero-order valence-corrected chi connectivity index (χ0v) is 17.2. The van der Waals surface area contributed by atoms with Crippen LogP contribution < -0.4 is 5.32 Å². The molecule has 30 heavy (non-hydrogen) atoms. The van der Waals surface area contributed by atoms with E-state index in [1.54, 1.807) is 11.3 Å². The third-order valence-electron chi connectivity index (χ3n) is 4.12. The van der Waals surface area contributed by atoms with Crippen molar-refractivity contribution in [3.05, 3.63) is 83.2 Å². The number of carbonyl (C=O) groups excluding carboxylic acids is 1. The number of nitrogens with zero attached hydrogens (tertiary/aromatic N) is 3. The summed E-state index contributed by atoms with van der Waals surface area (Å²) in [7, 11) is 0. The average Bonchev–Trinajstić information content (AvgIpc) is 3.36. The molecule has 4 aromatic rings. The van der Waals surface area contributed by atoms with Crippen LogP contribution in [0, 0.1) is 11.6 Å². The molecule has 1 amide bonds. The summed E-state index contributed by atoms with van der Waals surface area (Å²) >= 11 is 2.77. The standard InChI is InChI=1S/C21H16F2N4OS2/c22-15-9-16(23)11-17(10-15)24-19(28)13-30-21-26-25-20(18-7-4-8-29-18)27(21)12-14-5-2-1-3-6-14/h1-11H,12-13H2,(H,24,28). The predicted molar refractivity (Wildman–Crippen MR) is 115 cm³/mol. The van der Waals surface area contributed by atoms with Crippen LogP contribution in [0.4, 0.5) is 14.5 Å². The predicted octanol–water partition coefficient (Wildman–Crippen LogP) is 5.06. The summed E-state index contributed by atoms with van der Waals surface area (Å²) in [5.41, 5.74) is 1.15. The first-order valence-electron chi connectivity index (χ1n) is 8.98. The van der Waals surface area contributed by atoms with Crippen molar-refractivity contribution in [3.8, 4) is 10.7 Å². The SMILES string of the molecule is O=C(CSc1nnc(-c2cccs2)n1Cc1ccccc1)Nc1cc(F)cc(F)c1. The van der Waals surface area contributed by atoms with Crippen LogP contribution in [0.15, 0.2) is 71.2 Å². The number of hydrogen-bond donors (Lipinski definition) is 1. The van der Waals surface area contributed by atoms with Crippen LogP contribution in [0.5, 0.6) is 0 Å². The molecular weight excluding hydrogens is 426 g/mol. The minimum atomic E-state index is -0.749. The van der Waals surface area contributed by atoms with Gasteiger partial charge in [0.1, 0.15) is 11.6 Å². The Morgan fingerprint density at radius 2 is 1.80 bits per heavy atom. The Bertz CT molecular complexity index is 1130. The van der Waals surface area contributed by atoms with Gasteiger partial charge in [-0.2, -0.15) is 0 Å². The summed E-state index contributed by atoms with van der Waals surface area (Å²) in [6.07, 6.45) is 0. The van der Waals surface area contributed by atoms with E-state index in [9.17, 15) is 13.6 Å². The number of nitrogens with one attached hydrogen (secondary N) is 1. The molecule has 0 saturated carbocycles. The van der Waals surface area contributed by atoms with Crippen molar-refractivity contribution in [3.63, 3.8) is 0 Å². The molecule has 0 spiro atoms. The Balaban J connectivity index is 1.51. The first kappa shape index (κ1) is 20.2. The number of halogens is 2. The van der Waals surface area contributed by atoms with E-state index in [4.69, 9.17) is 0 Å². The number of thiophene rings is 1. The van der Waals surface area contributed by atoms with Crippen molar-refractivity contribution in [2.24, 2.45) is 0 Å². The maximum absolute atomic E-state index is 13.3. The van der Waals surface area contributed by atoms with Gasteiger partial charge in [-0.05, 0) is 29.1 Å². The number of benzene rings is 2. The summed E-state index contributed by atoms with van der Waals surface area (Å²) in [5, 5.41) is 13.6. The first-order valence-corrected chi connectivity index (χ1v) is 10.8. The van der Waals surface area contributed by atoms with Crippen molar-refractivity contribution in [2.75, 3.05) is 11.1 Å². The summed E-state index contributed by atoms with van der Waals surface area (Å²) in [6.45, 7) is 0.556. The second-order valence-electron chi connectivity index (χ2n) is 6.35. The van der Waals surface area contributed by atoms with Crippen LogP contribution in [0.1, 0.15) is 5.56 Å². The van der Waals surface area contributed by atoms with Gasteiger partial charge >= 0.3 is 0 Å². The molecule has 0 aliphatic heterocycles. The molecule has 1 N–H and O–H groups in total. The van der Waals surface area contributed by atoms with Gasteiger partial charge in [0, 0.05) is 11.8 Å². The number of rotatable bonds is 7. The Labute approximate surface area is 179 Å². The van der Waals surface area contributed by atoms with Crippen molar-refractivity contribution < 1.29 is 13.6 Å². The van der Waals surface area contributed by atoms with Crippen LogP contribution in [-0.2, 0) is 11.3 Å². The van der Waals surface area contributed by atoms with Crippen molar-refractivity contribution >= 4 is 34.7 Å². The molecule has 0 radical (unpaired) electrons. The summed E-state index contributed by atoms with van der Waals surface area (Å²) in [6, 6.07) is 16.7. The Morgan fingerprint density at radius 3 is 2.50 bits per heavy atom. The topological polar surface area (TPSA) is 59.8 Å². The minimum Gasteiger partial charge on any atom is -0.325 e. The van der Waals surface area contributed by atoms with E-state index in [0.717, 1.165) is 34.5 Å². The van der Waals surface area contributed by atoms with Gasteiger partial charge in [-0.1, -0.05) is 48.2 Å². The third kappa shape index (κ3) is 4.92. The summed E-state index contributed by atoms with van der Waals surface area (Å²) < 4.78 is 28.6. The normalized spacial score (nSPS) is 10.9. The zero-order chi connectivity index (χ0) is 20.9. The fraction of sp³-hybridized carbons (Fsp3) is 0.0952. The van der Waals surface area contributed by atoms with Gasteiger partial charge in [0.05, 0.1) is 17.2 Å². The maximum atomic E-state index is 13.3. The lowest BCUT2D eigenvalue weighted by Gasteiger charge is -2.10. The van der Waals surface area contributed by atoms with E-state index in [1.165, 1.54) is 11.8 Å². The molecule has 0 unspecified atom stereocenters. The second kappa shape index (κ2) is 9.19. The molecule has 0 fully saturated rings. The molecule has 0 aliphatic rings. The number of thioether (sulfide) groups is 1. The number of anilines is 1. The van der Waals surface area contributed by atoms with E-state index < -0.39 is 17.5 Å². The van der Waals surface area contributed by atoms with Crippen LogP contribution in [0.3, 0.4) is 0 Å². The first-order chi connectivity index (χ1) is 14.6. The van der Waals surface area contributed by atoms with Crippen LogP contribution in [0.2, 0.25) is 0 Å². The van der Waals surface area contributed by atoms with E-state index in [-0.39, 0.29) is 11.4 Å². The molecule has 0 atom stereocenters. The lowest BCUT2D eigenvalue weighted by Crippen LogP contribution is -2.15. The molecule has 152 valence electrons. The van der Waals surface area contributed by atoms with Crippen molar-refractivity contribution in [2.45, 2.75) is 11.7 Å². The maximum Gasteiger partial charge on any atom is 0.234 e. The fourth-order valence-electron chi connectivity index (χ4n) is 2.85. The monoisotopic (exact) mass is 442 g/mol. The number of amides is 1. The molecule has 9 heteroatoms. The van der Waals surface area contributed by atoms with Crippen LogP contribution in [0.25, 0.3) is 10.7 Å². The Morgan fingerprint density at radius 1 is 1.03 bits per heavy atom. The molecule has 4 rings (SSSR count). The van der Waals surface area contributed by atoms with Crippen LogP contribution >= 0.6 is 23.1 Å². The van der Waals surface area contributed by atoms with E-state index >= 15 is 0 Å². The number of aromatic nitrogens is 3. The van der Waals surface area contributed by atoms with Gasteiger partial charge in [0.15, 0.2) is 11.0 Å². The average molecular weight is 443 g/mol. The molecule has 2 heterocycles. The minimum absolute atomic E-state index is 0.0233. The molecule has 0 bridgehead atoms. The molecule has 2 aromatic carbocycles. The highest BCUT2D eigenvalue weighted by molar-refractivity contribution is 7.99. The molecule has 0 saturated heterocycles. The van der Waals surface area contributed by atoms with Gasteiger partial charge in [-0.3, -0.25) is 9.36 Å². The van der Waals surface area contributed by atoms with E-state index in [0.29, 0.717) is 11.7 Å². The highest BCUT2D eigenvalue weighted by atomic mass is 32.2. The highest BCUT2D eigenvalue weighted by Gasteiger charge is 2.17. The largest absolute Gasteiger partial charge is 0.325 e. The lowest BCUT2D eigenvalue weighted by atomic mass is 10.2. The van der Waals surface area contributed by atoms with Gasteiger partial charge in [-0.25, -0.2) is 8.78 Å². The Hall–Kier alpha value is -3.04. The number of carbonyl (C=O) groups is 1. The quantitative estimate of drug-likeness (QED) is 0.406. The van der Waals surface area contributed by atoms with E-state index in [1.807, 2.05) is 52.4 Å². The molecule has 0 aliphatic carbocycles. The second-order valence-corrected chi connectivity index (χ2v) is 8.24. The molecule has 5 nitrogen and oxygen atoms in total. The summed E-state index contributed by atoms with van der Waals surface area (Å²) in [5.74, 6) is -1.14. The molecular formula is C21H16F2N4OS2. The smallest absolute Gasteiger partial charge is 0.234 e. The van der Waals surface area contributed by atoms with Gasteiger partial charge < -0.3 is 5.32 Å². The summed E-state index contributed by atoms with van der Waals surface area (Å²) in [4.78, 5) is 13.3. The highest BCUT2D eigenvalue weighted by Crippen LogP contribution is 2.28. The zero-order valence-electron chi connectivity index (χ0n) is 15.6. The van der Waals surface area contributed by atoms with Gasteiger partial charge in [-0.15, -0.1) is 21.5 Å². The fourth-order valence-corrected chi connectivity index (χ4v) is 4.30.